The zero-order valence-corrected chi connectivity index (χ0v) is 11.1. The van der Waals surface area contributed by atoms with Crippen molar-refractivity contribution >= 4 is 22.6 Å². The number of para-hydroxylation sites is 1. The third-order valence-electron chi connectivity index (χ3n) is 2.19. The quantitative estimate of drug-likeness (QED) is 0.809. The highest BCUT2D eigenvalue weighted by Gasteiger charge is 2.04. The first-order valence-electron chi connectivity index (χ1n) is 5.05. The summed E-state index contributed by atoms with van der Waals surface area (Å²) in [4.78, 5) is 4.16. The largest absolute Gasteiger partial charge is 0.485 e. The monoisotopic (exact) mass is 329 g/mol. The van der Waals surface area contributed by atoms with Crippen molar-refractivity contribution < 1.29 is 4.74 Å². The predicted molar refractivity (Wildman–Crippen MR) is 69.2 cm³/mol. The zero-order chi connectivity index (χ0) is 11.4. The Morgan fingerprint density at radius 3 is 2.94 bits per heavy atom. The number of aromatic nitrogens is 3. The van der Waals surface area contributed by atoms with Gasteiger partial charge in [0.2, 0.25) is 0 Å². The van der Waals surface area contributed by atoms with Gasteiger partial charge >= 0.3 is 0 Å². The maximum Gasteiger partial charge on any atom is 0.164 e. The van der Waals surface area contributed by atoms with Crippen LogP contribution in [0.25, 0.3) is 0 Å². The van der Waals surface area contributed by atoms with Gasteiger partial charge in [0.25, 0.3) is 0 Å². The van der Waals surface area contributed by atoms with Gasteiger partial charge in [0.1, 0.15) is 18.7 Å². The first-order chi connectivity index (χ1) is 7.81. The third kappa shape index (κ3) is 2.52. The van der Waals surface area contributed by atoms with Gasteiger partial charge in [-0.15, -0.1) is 0 Å². The van der Waals surface area contributed by atoms with E-state index in [0.717, 1.165) is 21.7 Å². The second kappa shape index (κ2) is 5.29. The number of rotatable bonds is 4. The van der Waals surface area contributed by atoms with Crippen molar-refractivity contribution in [2.45, 2.75) is 20.1 Å². The van der Waals surface area contributed by atoms with Crippen LogP contribution in [0.5, 0.6) is 5.75 Å². The first kappa shape index (κ1) is 11.4. The number of halogens is 1. The van der Waals surface area contributed by atoms with Gasteiger partial charge in [-0.05, 0) is 41.6 Å². The molecule has 2 rings (SSSR count). The minimum absolute atomic E-state index is 0.452. The van der Waals surface area contributed by atoms with Gasteiger partial charge in [-0.25, -0.2) is 9.67 Å². The maximum absolute atomic E-state index is 5.69. The lowest BCUT2D eigenvalue weighted by molar-refractivity contribution is 0.285. The molecule has 1 aromatic carbocycles. The highest BCUT2D eigenvalue weighted by molar-refractivity contribution is 14.1. The van der Waals surface area contributed by atoms with E-state index in [1.807, 2.05) is 35.9 Å². The summed E-state index contributed by atoms with van der Waals surface area (Å²) in [6.07, 6.45) is 1.55. The van der Waals surface area contributed by atoms with E-state index in [2.05, 4.69) is 32.7 Å². The summed E-state index contributed by atoms with van der Waals surface area (Å²) in [5, 5.41) is 4.09. The molecule has 0 fully saturated rings. The number of benzene rings is 1. The normalized spacial score (nSPS) is 10.4. The van der Waals surface area contributed by atoms with E-state index in [4.69, 9.17) is 4.74 Å². The minimum Gasteiger partial charge on any atom is -0.485 e. The molecule has 0 aliphatic carbocycles. The molecule has 5 heteroatoms. The molecule has 0 saturated carbocycles. The Morgan fingerprint density at radius 2 is 2.19 bits per heavy atom. The molecule has 0 bridgehead atoms. The van der Waals surface area contributed by atoms with Crippen LogP contribution in [0.4, 0.5) is 0 Å². The fraction of sp³-hybridized carbons (Fsp3) is 0.273. The molecule has 0 aliphatic rings. The smallest absolute Gasteiger partial charge is 0.164 e. The Hall–Kier alpha value is -1.11. The Morgan fingerprint density at radius 1 is 1.38 bits per heavy atom. The van der Waals surface area contributed by atoms with Gasteiger partial charge in [0.05, 0.1) is 3.57 Å². The molecular formula is C11H12IN3O. The van der Waals surface area contributed by atoms with E-state index in [9.17, 15) is 0 Å². The van der Waals surface area contributed by atoms with E-state index in [-0.39, 0.29) is 0 Å². The van der Waals surface area contributed by atoms with Gasteiger partial charge < -0.3 is 4.74 Å². The third-order valence-corrected chi connectivity index (χ3v) is 3.08. The Kier molecular flexibility index (Phi) is 3.76. The molecule has 1 heterocycles. The lowest BCUT2D eigenvalue weighted by Gasteiger charge is -2.07. The number of hydrogen-bond donors (Lipinski definition) is 0. The molecule has 84 valence electrons. The average Bonchev–Trinajstić information content (AvgIpc) is 2.75. The summed E-state index contributed by atoms with van der Waals surface area (Å²) in [7, 11) is 0. The van der Waals surface area contributed by atoms with Crippen LogP contribution in [0.15, 0.2) is 30.6 Å². The zero-order valence-electron chi connectivity index (χ0n) is 8.93. The van der Waals surface area contributed by atoms with Crippen LogP contribution in [-0.4, -0.2) is 14.8 Å². The second-order valence-corrected chi connectivity index (χ2v) is 4.37. The topological polar surface area (TPSA) is 39.9 Å². The van der Waals surface area contributed by atoms with Gasteiger partial charge in [-0.2, -0.15) is 5.10 Å². The lowest BCUT2D eigenvalue weighted by atomic mass is 10.3. The van der Waals surface area contributed by atoms with Gasteiger partial charge in [-0.1, -0.05) is 12.1 Å². The SMILES string of the molecule is CCn1ncnc1COc1ccccc1I. The van der Waals surface area contributed by atoms with Gasteiger partial charge in [0, 0.05) is 6.54 Å². The molecule has 1 aromatic heterocycles. The summed E-state index contributed by atoms with van der Waals surface area (Å²) >= 11 is 2.25. The van der Waals surface area contributed by atoms with Crippen molar-refractivity contribution in [2.75, 3.05) is 0 Å². The minimum atomic E-state index is 0.452. The molecule has 4 nitrogen and oxygen atoms in total. The number of aryl methyl sites for hydroxylation is 1. The van der Waals surface area contributed by atoms with E-state index in [1.165, 1.54) is 0 Å². The molecule has 0 amide bonds. The number of ether oxygens (including phenoxy) is 1. The second-order valence-electron chi connectivity index (χ2n) is 3.21. The van der Waals surface area contributed by atoms with Crippen molar-refractivity contribution in [3.8, 4) is 5.75 Å². The van der Waals surface area contributed by atoms with Crippen molar-refractivity contribution in [2.24, 2.45) is 0 Å². The van der Waals surface area contributed by atoms with Crippen LogP contribution < -0.4 is 4.74 Å². The van der Waals surface area contributed by atoms with Crippen molar-refractivity contribution in [3.05, 3.63) is 40.0 Å². The Labute approximate surface area is 108 Å². The highest BCUT2D eigenvalue weighted by Crippen LogP contribution is 2.20. The molecular weight excluding hydrogens is 317 g/mol. The molecule has 0 radical (unpaired) electrons. The Balaban J connectivity index is 2.05. The maximum atomic E-state index is 5.69. The van der Waals surface area contributed by atoms with Crippen LogP contribution in [0, 0.1) is 3.57 Å². The number of hydrogen-bond acceptors (Lipinski definition) is 3. The number of nitrogens with zero attached hydrogens (tertiary/aromatic N) is 3. The fourth-order valence-corrected chi connectivity index (χ4v) is 1.91. The molecule has 0 aliphatic heterocycles. The molecule has 0 spiro atoms. The average molecular weight is 329 g/mol. The summed E-state index contributed by atoms with van der Waals surface area (Å²) in [5.74, 6) is 1.73. The van der Waals surface area contributed by atoms with Crippen molar-refractivity contribution in [3.63, 3.8) is 0 Å². The molecule has 0 N–H and O–H groups in total. The van der Waals surface area contributed by atoms with Crippen LogP contribution in [0.1, 0.15) is 12.7 Å². The molecule has 16 heavy (non-hydrogen) atoms. The molecule has 0 unspecified atom stereocenters. The lowest BCUT2D eigenvalue weighted by Crippen LogP contribution is -2.07. The van der Waals surface area contributed by atoms with Crippen LogP contribution >= 0.6 is 22.6 Å². The fourth-order valence-electron chi connectivity index (χ4n) is 1.37. The van der Waals surface area contributed by atoms with Gasteiger partial charge in [-0.3, -0.25) is 0 Å². The predicted octanol–water partition coefficient (Wildman–Crippen LogP) is 2.48. The highest BCUT2D eigenvalue weighted by atomic mass is 127. The summed E-state index contributed by atoms with van der Waals surface area (Å²) in [6.45, 7) is 3.29. The summed E-state index contributed by atoms with van der Waals surface area (Å²) in [5.41, 5.74) is 0. The summed E-state index contributed by atoms with van der Waals surface area (Å²) in [6, 6.07) is 7.92. The van der Waals surface area contributed by atoms with E-state index in [0.29, 0.717) is 6.61 Å². The van der Waals surface area contributed by atoms with E-state index < -0.39 is 0 Å². The standard InChI is InChI=1S/C11H12IN3O/c1-2-15-11(13-8-14-15)7-16-10-6-4-3-5-9(10)12/h3-6,8H,2,7H2,1H3. The molecule has 0 atom stereocenters. The van der Waals surface area contributed by atoms with Gasteiger partial charge in [0.15, 0.2) is 5.82 Å². The van der Waals surface area contributed by atoms with Crippen LogP contribution in [-0.2, 0) is 13.2 Å². The van der Waals surface area contributed by atoms with Crippen molar-refractivity contribution in [1.82, 2.24) is 14.8 Å². The summed E-state index contributed by atoms with van der Waals surface area (Å²) < 4.78 is 8.62. The Bertz CT molecular complexity index is 470. The van der Waals surface area contributed by atoms with E-state index >= 15 is 0 Å². The molecule has 0 saturated heterocycles. The van der Waals surface area contributed by atoms with Crippen LogP contribution in [0.3, 0.4) is 0 Å². The first-order valence-corrected chi connectivity index (χ1v) is 6.13. The molecule has 2 aromatic rings. The van der Waals surface area contributed by atoms with Crippen molar-refractivity contribution in [1.29, 1.82) is 0 Å². The van der Waals surface area contributed by atoms with E-state index in [1.54, 1.807) is 6.33 Å². The van der Waals surface area contributed by atoms with Crippen LogP contribution in [0.2, 0.25) is 0 Å².